The fourth-order valence-corrected chi connectivity index (χ4v) is 2.59. The number of carbonyl (C=O) groups excluding carboxylic acids is 1. The van der Waals surface area contributed by atoms with E-state index < -0.39 is 12.1 Å². The number of carboxylic acids is 1. The van der Waals surface area contributed by atoms with Crippen molar-refractivity contribution in [1.82, 2.24) is 5.32 Å². The molecule has 2 N–H and O–H groups in total. The second-order valence-electron chi connectivity index (χ2n) is 5.94. The molecule has 3 aromatic carbocycles. The largest absolute Gasteiger partial charge is 0.478 e. The predicted molar refractivity (Wildman–Crippen MR) is 102 cm³/mol. The molecule has 0 aromatic heterocycles. The summed E-state index contributed by atoms with van der Waals surface area (Å²) in [5.74, 6) is -0.903. The van der Waals surface area contributed by atoms with Crippen LogP contribution in [0.1, 0.15) is 27.6 Å². The van der Waals surface area contributed by atoms with E-state index in [1.165, 1.54) is 0 Å². The summed E-state index contributed by atoms with van der Waals surface area (Å²) in [6, 6.07) is 24.8. The Balaban J connectivity index is 1.64. The number of nitrogens with one attached hydrogen (secondary N) is 1. The fourth-order valence-electron chi connectivity index (χ4n) is 2.59. The van der Waals surface area contributed by atoms with E-state index in [0.717, 1.165) is 5.56 Å². The maximum atomic E-state index is 12.2. The summed E-state index contributed by atoms with van der Waals surface area (Å²) in [7, 11) is 0. The Hall–Kier alpha value is -3.60. The van der Waals surface area contributed by atoms with Gasteiger partial charge in [0, 0.05) is 17.7 Å². The number of carbonyl (C=O) groups is 2. The fraction of sp³-hybridized carbons (Fsp3) is 0.0909. The van der Waals surface area contributed by atoms with E-state index in [0.29, 0.717) is 23.4 Å². The van der Waals surface area contributed by atoms with Crippen molar-refractivity contribution >= 4 is 11.9 Å². The van der Waals surface area contributed by atoms with Gasteiger partial charge < -0.3 is 15.2 Å². The highest BCUT2D eigenvalue weighted by Gasteiger charge is 2.21. The van der Waals surface area contributed by atoms with Crippen molar-refractivity contribution < 1.29 is 19.4 Å². The first-order chi connectivity index (χ1) is 13.1. The van der Waals surface area contributed by atoms with E-state index in [-0.39, 0.29) is 5.91 Å². The Bertz CT molecular complexity index is 893. The Labute approximate surface area is 157 Å². The Morgan fingerprint density at radius 1 is 0.852 bits per heavy atom. The molecule has 0 radical (unpaired) electrons. The lowest BCUT2D eigenvalue weighted by molar-refractivity contribution is -0.145. The first-order valence-corrected chi connectivity index (χ1v) is 8.50. The number of ether oxygens (including phenoxy) is 1. The van der Waals surface area contributed by atoms with Gasteiger partial charge in [-0.2, -0.15) is 0 Å². The molecule has 136 valence electrons. The van der Waals surface area contributed by atoms with Gasteiger partial charge in [0.1, 0.15) is 5.75 Å². The highest BCUT2D eigenvalue weighted by molar-refractivity contribution is 5.94. The third-order valence-electron chi connectivity index (χ3n) is 3.99. The average Bonchev–Trinajstić information content (AvgIpc) is 2.72. The molecular weight excluding hydrogens is 342 g/mol. The first-order valence-electron chi connectivity index (χ1n) is 8.50. The number of hydrogen-bond donors (Lipinski definition) is 2. The first kappa shape index (κ1) is 18.2. The van der Waals surface area contributed by atoms with Crippen LogP contribution in [0, 0.1) is 0 Å². The quantitative estimate of drug-likeness (QED) is 0.671. The minimum Gasteiger partial charge on any atom is -0.478 e. The van der Waals surface area contributed by atoms with Crippen LogP contribution in [0.2, 0.25) is 0 Å². The van der Waals surface area contributed by atoms with Crippen LogP contribution in [0.4, 0.5) is 0 Å². The van der Waals surface area contributed by atoms with Crippen molar-refractivity contribution in [3.05, 3.63) is 102 Å². The maximum absolute atomic E-state index is 12.2. The summed E-state index contributed by atoms with van der Waals surface area (Å²) >= 11 is 0. The number of hydrogen-bond acceptors (Lipinski definition) is 3. The van der Waals surface area contributed by atoms with Gasteiger partial charge in [-0.25, -0.2) is 4.79 Å². The summed E-state index contributed by atoms with van der Waals surface area (Å²) in [6.07, 6.45) is -1.11. The molecule has 5 nitrogen and oxygen atoms in total. The molecule has 0 aliphatic heterocycles. The summed E-state index contributed by atoms with van der Waals surface area (Å²) in [4.78, 5) is 23.7. The molecule has 0 bridgehead atoms. The molecule has 1 amide bonds. The molecular formula is C22H19NO4. The summed E-state index contributed by atoms with van der Waals surface area (Å²) < 4.78 is 5.59. The monoisotopic (exact) mass is 361 g/mol. The summed E-state index contributed by atoms with van der Waals surface area (Å²) in [5, 5.41) is 12.3. The zero-order chi connectivity index (χ0) is 19.1. The molecule has 0 saturated heterocycles. The van der Waals surface area contributed by atoms with E-state index in [1.54, 1.807) is 48.5 Å². The molecule has 0 aliphatic carbocycles. The van der Waals surface area contributed by atoms with Gasteiger partial charge >= 0.3 is 5.97 Å². The van der Waals surface area contributed by atoms with Crippen LogP contribution in [0.25, 0.3) is 0 Å². The zero-order valence-corrected chi connectivity index (χ0v) is 14.5. The van der Waals surface area contributed by atoms with E-state index in [2.05, 4.69) is 5.32 Å². The third-order valence-corrected chi connectivity index (χ3v) is 3.99. The molecule has 0 saturated carbocycles. The lowest BCUT2D eigenvalue weighted by Crippen LogP contribution is -2.22. The smallest absolute Gasteiger partial charge is 0.349 e. The molecule has 0 heterocycles. The Morgan fingerprint density at radius 2 is 1.44 bits per heavy atom. The molecule has 5 heteroatoms. The predicted octanol–water partition coefficient (Wildman–Crippen LogP) is 3.82. The lowest BCUT2D eigenvalue weighted by atomic mass is 10.1. The van der Waals surface area contributed by atoms with Crippen LogP contribution < -0.4 is 10.1 Å². The van der Waals surface area contributed by atoms with Crippen LogP contribution >= 0.6 is 0 Å². The summed E-state index contributed by atoms with van der Waals surface area (Å²) in [5.41, 5.74) is 2.04. The minimum absolute atomic E-state index is 0.205. The van der Waals surface area contributed by atoms with Gasteiger partial charge in [-0.3, -0.25) is 4.79 Å². The Kier molecular flexibility index (Phi) is 5.84. The zero-order valence-electron chi connectivity index (χ0n) is 14.5. The van der Waals surface area contributed by atoms with Gasteiger partial charge in [0.05, 0.1) is 0 Å². The van der Waals surface area contributed by atoms with Crippen LogP contribution in [-0.4, -0.2) is 17.0 Å². The van der Waals surface area contributed by atoms with Crippen LogP contribution in [-0.2, 0) is 11.3 Å². The van der Waals surface area contributed by atoms with Gasteiger partial charge in [0.2, 0.25) is 6.10 Å². The van der Waals surface area contributed by atoms with E-state index in [1.807, 2.05) is 36.4 Å². The molecule has 1 atom stereocenters. The van der Waals surface area contributed by atoms with E-state index in [4.69, 9.17) is 4.74 Å². The van der Waals surface area contributed by atoms with Gasteiger partial charge in [0.15, 0.2) is 0 Å². The van der Waals surface area contributed by atoms with Crippen molar-refractivity contribution in [2.45, 2.75) is 12.6 Å². The Morgan fingerprint density at radius 3 is 2.04 bits per heavy atom. The normalized spacial score (nSPS) is 11.4. The van der Waals surface area contributed by atoms with Crippen LogP contribution in [0.3, 0.4) is 0 Å². The van der Waals surface area contributed by atoms with E-state index >= 15 is 0 Å². The number of aliphatic carboxylic acids is 1. The van der Waals surface area contributed by atoms with Crippen molar-refractivity contribution in [3.8, 4) is 5.75 Å². The van der Waals surface area contributed by atoms with Crippen LogP contribution in [0.15, 0.2) is 84.9 Å². The third kappa shape index (κ3) is 4.95. The lowest BCUT2D eigenvalue weighted by Gasteiger charge is -2.15. The van der Waals surface area contributed by atoms with Crippen LogP contribution in [0.5, 0.6) is 5.75 Å². The molecule has 3 aromatic rings. The molecule has 1 unspecified atom stereocenters. The second kappa shape index (κ2) is 8.67. The van der Waals surface area contributed by atoms with Gasteiger partial charge in [0.25, 0.3) is 5.91 Å². The maximum Gasteiger partial charge on any atom is 0.349 e. The van der Waals surface area contributed by atoms with Crippen molar-refractivity contribution in [2.24, 2.45) is 0 Å². The van der Waals surface area contributed by atoms with E-state index in [9.17, 15) is 14.7 Å². The van der Waals surface area contributed by atoms with Crippen molar-refractivity contribution in [1.29, 1.82) is 0 Å². The summed E-state index contributed by atoms with van der Waals surface area (Å²) in [6.45, 7) is 0.438. The minimum atomic E-state index is -1.11. The van der Waals surface area contributed by atoms with Gasteiger partial charge in [-0.05, 0) is 29.8 Å². The van der Waals surface area contributed by atoms with Crippen molar-refractivity contribution in [3.63, 3.8) is 0 Å². The topological polar surface area (TPSA) is 75.6 Å². The number of amides is 1. The number of benzene rings is 3. The van der Waals surface area contributed by atoms with Crippen molar-refractivity contribution in [2.75, 3.05) is 0 Å². The highest BCUT2D eigenvalue weighted by atomic mass is 16.5. The number of rotatable bonds is 7. The molecule has 0 fully saturated rings. The molecule has 0 spiro atoms. The average molecular weight is 361 g/mol. The van der Waals surface area contributed by atoms with Gasteiger partial charge in [-0.15, -0.1) is 0 Å². The SMILES string of the molecule is O=C(NCc1ccccc1)c1ccc(OC(C(=O)O)c2ccccc2)cc1. The molecule has 0 aliphatic rings. The molecule has 3 rings (SSSR count). The van der Waals surface area contributed by atoms with Gasteiger partial charge in [-0.1, -0.05) is 60.7 Å². The second-order valence-corrected chi connectivity index (χ2v) is 5.94. The molecule has 27 heavy (non-hydrogen) atoms. The standard InChI is InChI=1S/C22H19NO4/c24-21(23-15-16-7-3-1-4-8-16)18-11-13-19(14-12-18)27-20(22(25)26)17-9-5-2-6-10-17/h1-14,20H,15H2,(H,23,24)(H,25,26). The highest BCUT2D eigenvalue weighted by Crippen LogP contribution is 2.22. The number of carboxylic acid groups (broad SMARTS) is 1.